The van der Waals surface area contributed by atoms with Crippen LogP contribution in [0.3, 0.4) is 0 Å². The van der Waals surface area contributed by atoms with Crippen molar-refractivity contribution in [3.05, 3.63) is 30.2 Å². The summed E-state index contributed by atoms with van der Waals surface area (Å²) in [6, 6.07) is 1.97. The standard InChI is InChI=1S/C12H17N5O2/c1-10-4-11(19-15-10)5-16-2-3-18-12(6-16)7-17-9-13-8-14-17/h4,8-9,12H,2-3,5-7H2,1H3. The van der Waals surface area contributed by atoms with E-state index in [2.05, 4.69) is 20.1 Å². The van der Waals surface area contributed by atoms with E-state index in [4.69, 9.17) is 9.26 Å². The van der Waals surface area contributed by atoms with E-state index in [1.54, 1.807) is 11.0 Å². The number of ether oxygens (including phenoxy) is 1. The van der Waals surface area contributed by atoms with Gasteiger partial charge >= 0.3 is 0 Å². The zero-order valence-corrected chi connectivity index (χ0v) is 10.9. The van der Waals surface area contributed by atoms with Crippen molar-refractivity contribution in [2.75, 3.05) is 19.7 Å². The van der Waals surface area contributed by atoms with E-state index in [1.165, 1.54) is 6.33 Å². The van der Waals surface area contributed by atoms with Gasteiger partial charge in [0.15, 0.2) is 5.76 Å². The Labute approximate surface area is 111 Å². The van der Waals surface area contributed by atoms with Gasteiger partial charge in [0.1, 0.15) is 12.7 Å². The zero-order chi connectivity index (χ0) is 13.1. The Morgan fingerprint density at radius 3 is 3.16 bits per heavy atom. The van der Waals surface area contributed by atoms with Crippen LogP contribution in [0.5, 0.6) is 0 Å². The lowest BCUT2D eigenvalue weighted by molar-refractivity contribution is -0.0422. The monoisotopic (exact) mass is 263 g/mol. The molecule has 1 aliphatic rings. The highest BCUT2D eigenvalue weighted by Gasteiger charge is 2.22. The Hall–Kier alpha value is -1.73. The van der Waals surface area contributed by atoms with Gasteiger partial charge < -0.3 is 9.26 Å². The molecule has 2 aromatic heterocycles. The highest BCUT2D eigenvalue weighted by atomic mass is 16.5. The van der Waals surface area contributed by atoms with Crippen molar-refractivity contribution in [2.45, 2.75) is 26.1 Å². The molecule has 3 rings (SSSR count). The van der Waals surface area contributed by atoms with Gasteiger partial charge in [-0.2, -0.15) is 5.10 Å². The van der Waals surface area contributed by atoms with Crippen molar-refractivity contribution in [3.8, 4) is 0 Å². The lowest BCUT2D eigenvalue weighted by Gasteiger charge is -2.32. The van der Waals surface area contributed by atoms with Crippen molar-refractivity contribution in [2.24, 2.45) is 0 Å². The normalized spacial score (nSPS) is 20.8. The minimum atomic E-state index is 0.138. The van der Waals surface area contributed by atoms with Gasteiger partial charge in [-0.05, 0) is 6.92 Å². The predicted molar refractivity (Wildman–Crippen MR) is 66.3 cm³/mol. The Bertz CT molecular complexity index is 510. The summed E-state index contributed by atoms with van der Waals surface area (Å²) in [6.07, 6.45) is 3.39. The first-order valence-electron chi connectivity index (χ1n) is 6.38. The average molecular weight is 263 g/mol. The van der Waals surface area contributed by atoms with Crippen LogP contribution in [-0.2, 0) is 17.8 Å². The fourth-order valence-electron chi connectivity index (χ4n) is 2.28. The van der Waals surface area contributed by atoms with Crippen molar-refractivity contribution >= 4 is 0 Å². The fraction of sp³-hybridized carbons (Fsp3) is 0.583. The van der Waals surface area contributed by atoms with Gasteiger partial charge in [-0.3, -0.25) is 9.58 Å². The highest BCUT2D eigenvalue weighted by molar-refractivity contribution is 5.03. The molecule has 0 saturated carbocycles. The quantitative estimate of drug-likeness (QED) is 0.799. The minimum absolute atomic E-state index is 0.138. The first kappa shape index (κ1) is 12.3. The molecule has 0 radical (unpaired) electrons. The number of morpholine rings is 1. The van der Waals surface area contributed by atoms with Gasteiger partial charge in [0.05, 0.1) is 31.5 Å². The Morgan fingerprint density at radius 1 is 1.47 bits per heavy atom. The molecule has 7 nitrogen and oxygen atoms in total. The van der Waals surface area contributed by atoms with E-state index in [9.17, 15) is 0 Å². The van der Waals surface area contributed by atoms with Gasteiger partial charge in [0.2, 0.25) is 0 Å². The maximum absolute atomic E-state index is 5.75. The van der Waals surface area contributed by atoms with Crippen molar-refractivity contribution < 1.29 is 9.26 Å². The fourth-order valence-corrected chi connectivity index (χ4v) is 2.28. The van der Waals surface area contributed by atoms with E-state index in [-0.39, 0.29) is 6.10 Å². The summed E-state index contributed by atoms with van der Waals surface area (Å²) in [5, 5.41) is 8.01. The molecule has 0 N–H and O–H groups in total. The molecule has 0 spiro atoms. The second-order valence-electron chi connectivity index (χ2n) is 4.78. The van der Waals surface area contributed by atoms with Crippen LogP contribution in [0.1, 0.15) is 11.5 Å². The van der Waals surface area contributed by atoms with Crippen LogP contribution < -0.4 is 0 Å². The number of aryl methyl sites for hydroxylation is 1. The highest BCUT2D eigenvalue weighted by Crippen LogP contribution is 2.12. The number of aromatic nitrogens is 4. The summed E-state index contributed by atoms with van der Waals surface area (Å²) in [6.45, 7) is 5.93. The van der Waals surface area contributed by atoms with Gasteiger partial charge in [-0.15, -0.1) is 0 Å². The third-order valence-electron chi connectivity index (χ3n) is 3.14. The second-order valence-corrected chi connectivity index (χ2v) is 4.78. The summed E-state index contributed by atoms with van der Waals surface area (Å²) < 4.78 is 12.8. The molecule has 1 atom stereocenters. The van der Waals surface area contributed by atoms with E-state index >= 15 is 0 Å². The Kier molecular flexibility index (Phi) is 3.56. The zero-order valence-electron chi connectivity index (χ0n) is 10.9. The molecule has 1 saturated heterocycles. The summed E-state index contributed by atoms with van der Waals surface area (Å²) >= 11 is 0. The van der Waals surface area contributed by atoms with Crippen LogP contribution >= 0.6 is 0 Å². The van der Waals surface area contributed by atoms with Crippen LogP contribution in [0.25, 0.3) is 0 Å². The van der Waals surface area contributed by atoms with Gasteiger partial charge in [-0.25, -0.2) is 4.98 Å². The van der Waals surface area contributed by atoms with E-state index in [1.807, 2.05) is 13.0 Å². The maximum Gasteiger partial charge on any atom is 0.150 e. The van der Waals surface area contributed by atoms with Crippen molar-refractivity contribution in [1.29, 1.82) is 0 Å². The van der Waals surface area contributed by atoms with Crippen molar-refractivity contribution in [1.82, 2.24) is 24.8 Å². The molecule has 19 heavy (non-hydrogen) atoms. The lowest BCUT2D eigenvalue weighted by atomic mass is 10.2. The SMILES string of the molecule is Cc1cc(CN2CCOC(Cn3cncn3)C2)on1. The third kappa shape index (κ3) is 3.18. The first-order valence-corrected chi connectivity index (χ1v) is 6.38. The van der Waals surface area contributed by atoms with E-state index < -0.39 is 0 Å². The molecule has 1 fully saturated rings. The van der Waals surface area contributed by atoms with Crippen LogP contribution in [0.2, 0.25) is 0 Å². The van der Waals surface area contributed by atoms with E-state index in [0.717, 1.165) is 44.2 Å². The number of rotatable bonds is 4. The molecular weight excluding hydrogens is 246 g/mol. The number of nitrogens with zero attached hydrogens (tertiary/aromatic N) is 5. The van der Waals surface area contributed by atoms with Crippen LogP contribution in [-0.4, -0.2) is 50.6 Å². The third-order valence-corrected chi connectivity index (χ3v) is 3.14. The summed E-state index contributed by atoms with van der Waals surface area (Å²) in [7, 11) is 0. The van der Waals surface area contributed by atoms with E-state index in [0.29, 0.717) is 0 Å². The predicted octanol–water partition coefficient (Wildman–Crippen LogP) is 0.476. The van der Waals surface area contributed by atoms with Crippen LogP contribution in [0.4, 0.5) is 0 Å². The molecule has 0 aliphatic carbocycles. The minimum Gasteiger partial charge on any atom is -0.374 e. The maximum atomic E-state index is 5.75. The molecule has 1 aliphatic heterocycles. The molecule has 102 valence electrons. The van der Waals surface area contributed by atoms with Crippen LogP contribution in [0.15, 0.2) is 23.2 Å². The Morgan fingerprint density at radius 2 is 2.42 bits per heavy atom. The largest absolute Gasteiger partial charge is 0.374 e. The van der Waals surface area contributed by atoms with Gasteiger partial charge in [0, 0.05) is 19.2 Å². The Balaban J connectivity index is 1.55. The molecule has 7 heteroatoms. The molecule has 1 unspecified atom stereocenters. The molecule has 2 aromatic rings. The molecule has 0 aromatic carbocycles. The number of hydrogen-bond acceptors (Lipinski definition) is 6. The molecule has 3 heterocycles. The first-order chi connectivity index (χ1) is 9.29. The average Bonchev–Trinajstić information content (AvgIpc) is 3.02. The summed E-state index contributed by atoms with van der Waals surface area (Å²) in [5.74, 6) is 0.902. The molecular formula is C12H17N5O2. The van der Waals surface area contributed by atoms with Gasteiger partial charge in [-0.1, -0.05) is 5.16 Å². The lowest BCUT2D eigenvalue weighted by Crippen LogP contribution is -2.43. The summed E-state index contributed by atoms with van der Waals surface area (Å²) in [5.41, 5.74) is 0.919. The van der Waals surface area contributed by atoms with Crippen molar-refractivity contribution in [3.63, 3.8) is 0 Å². The smallest absolute Gasteiger partial charge is 0.150 e. The topological polar surface area (TPSA) is 69.2 Å². The molecule has 0 amide bonds. The van der Waals surface area contributed by atoms with Crippen LogP contribution in [0, 0.1) is 6.92 Å². The molecule has 0 bridgehead atoms. The summed E-state index contributed by atoms with van der Waals surface area (Å²) in [4.78, 5) is 6.25. The second kappa shape index (κ2) is 5.50. The van der Waals surface area contributed by atoms with Gasteiger partial charge in [0.25, 0.3) is 0 Å². The number of hydrogen-bond donors (Lipinski definition) is 0.